The zero-order valence-electron chi connectivity index (χ0n) is 9.80. The zero-order chi connectivity index (χ0) is 10.9. The molecule has 0 aromatic rings. The normalized spacial score (nSPS) is 17.7. The van der Waals surface area contributed by atoms with E-state index in [2.05, 4.69) is 10.6 Å². The molecule has 0 bridgehead atoms. The van der Waals surface area contributed by atoms with Gasteiger partial charge in [-0.2, -0.15) is 0 Å². The van der Waals surface area contributed by atoms with Crippen LogP contribution >= 0.6 is 0 Å². The lowest BCUT2D eigenvalue weighted by molar-refractivity contribution is -0.121. The van der Waals surface area contributed by atoms with Gasteiger partial charge in [0.05, 0.1) is 0 Å². The van der Waals surface area contributed by atoms with E-state index in [0.717, 1.165) is 38.4 Å². The van der Waals surface area contributed by atoms with Gasteiger partial charge >= 0.3 is 0 Å². The smallest absolute Gasteiger partial charge is 0.219 e. The molecule has 3 heteroatoms. The van der Waals surface area contributed by atoms with Crippen molar-refractivity contribution < 1.29 is 4.79 Å². The highest BCUT2D eigenvalue weighted by Gasteiger charge is 2.12. The van der Waals surface area contributed by atoms with Crippen molar-refractivity contribution in [2.75, 3.05) is 19.6 Å². The Labute approximate surface area is 93.0 Å². The molecule has 0 atom stereocenters. The molecule has 0 aromatic heterocycles. The van der Waals surface area contributed by atoms with Gasteiger partial charge in [-0.1, -0.05) is 6.92 Å². The van der Waals surface area contributed by atoms with Crippen LogP contribution < -0.4 is 10.6 Å². The molecule has 1 saturated heterocycles. The van der Waals surface area contributed by atoms with Crippen LogP contribution in [0.5, 0.6) is 0 Å². The lowest BCUT2D eigenvalue weighted by Gasteiger charge is -2.21. The van der Waals surface area contributed by atoms with E-state index in [4.69, 9.17) is 0 Å². The minimum absolute atomic E-state index is 0.205. The van der Waals surface area contributed by atoms with Gasteiger partial charge in [-0.15, -0.1) is 0 Å². The van der Waals surface area contributed by atoms with Crippen molar-refractivity contribution in [3.8, 4) is 0 Å². The van der Waals surface area contributed by atoms with Gasteiger partial charge < -0.3 is 5.32 Å². The fourth-order valence-electron chi connectivity index (χ4n) is 2.03. The number of piperidine rings is 1. The second kappa shape index (κ2) is 7.69. The average Bonchev–Trinajstić information content (AvgIpc) is 2.26. The molecule has 1 aliphatic rings. The summed E-state index contributed by atoms with van der Waals surface area (Å²) in [6.07, 6.45) is 6.49. The van der Waals surface area contributed by atoms with E-state index in [0.29, 0.717) is 6.42 Å². The standard InChI is InChI=1S/C12H23N2O/c1-2-4-12(15)14-8-3-5-11-6-9-13-10-7-11/h11H,2-10H2,1H3,(H,14,15). The largest absolute Gasteiger partial charge is 0.356 e. The molecule has 1 radical (unpaired) electrons. The first-order chi connectivity index (χ1) is 7.33. The molecule has 1 amide bonds. The van der Waals surface area contributed by atoms with Gasteiger partial charge in [-0.05, 0) is 38.0 Å². The molecule has 1 aliphatic heterocycles. The molecule has 0 aliphatic carbocycles. The van der Waals surface area contributed by atoms with Gasteiger partial charge in [-0.25, -0.2) is 5.32 Å². The van der Waals surface area contributed by atoms with E-state index < -0.39 is 0 Å². The molecular formula is C12H23N2O. The molecule has 1 fully saturated rings. The van der Waals surface area contributed by atoms with Crippen LogP contribution in [0.15, 0.2) is 0 Å². The lowest BCUT2D eigenvalue weighted by atomic mass is 9.93. The fraction of sp³-hybridized carbons (Fsp3) is 0.917. The molecule has 0 unspecified atom stereocenters. The number of carbonyl (C=O) groups excluding carboxylic acids is 1. The van der Waals surface area contributed by atoms with E-state index in [1.165, 1.54) is 19.3 Å². The Morgan fingerprint density at radius 3 is 2.80 bits per heavy atom. The molecule has 0 spiro atoms. The van der Waals surface area contributed by atoms with Crippen molar-refractivity contribution in [2.24, 2.45) is 5.92 Å². The van der Waals surface area contributed by atoms with Gasteiger partial charge in [-0.3, -0.25) is 4.79 Å². The second-order valence-corrected chi connectivity index (χ2v) is 4.36. The van der Waals surface area contributed by atoms with Crippen LogP contribution in [-0.4, -0.2) is 25.5 Å². The van der Waals surface area contributed by atoms with Crippen molar-refractivity contribution in [3.05, 3.63) is 0 Å². The fourth-order valence-corrected chi connectivity index (χ4v) is 2.03. The highest BCUT2D eigenvalue weighted by Crippen LogP contribution is 2.17. The van der Waals surface area contributed by atoms with Crippen LogP contribution in [0.2, 0.25) is 0 Å². The summed E-state index contributed by atoms with van der Waals surface area (Å²) in [6.45, 7) is 4.98. The first kappa shape index (κ1) is 12.5. The summed E-state index contributed by atoms with van der Waals surface area (Å²) >= 11 is 0. The van der Waals surface area contributed by atoms with Crippen LogP contribution in [-0.2, 0) is 4.79 Å². The van der Waals surface area contributed by atoms with Gasteiger partial charge in [0, 0.05) is 26.1 Å². The van der Waals surface area contributed by atoms with E-state index in [9.17, 15) is 4.79 Å². The summed E-state index contributed by atoms with van der Waals surface area (Å²) in [5, 5.41) is 7.30. The first-order valence-electron chi connectivity index (χ1n) is 6.23. The van der Waals surface area contributed by atoms with Crippen LogP contribution in [0.25, 0.3) is 0 Å². The Kier molecular flexibility index (Phi) is 6.41. The Morgan fingerprint density at radius 2 is 2.13 bits per heavy atom. The topological polar surface area (TPSA) is 43.2 Å². The van der Waals surface area contributed by atoms with Crippen molar-refractivity contribution in [3.63, 3.8) is 0 Å². The van der Waals surface area contributed by atoms with Crippen molar-refractivity contribution >= 4 is 5.91 Å². The molecule has 87 valence electrons. The van der Waals surface area contributed by atoms with Crippen molar-refractivity contribution in [1.29, 1.82) is 0 Å². The molecule has 1 heterocycles. The van der Waals surface area contributed by atoms with E-state index >= 15 is 0 Å². The second-order valence-electron chi connectivity index (χ2n) is 4.36. The predicted molar refractivity (Wildman–Crippen MR) is 61.7 cm³/mol. The van der Waals surface area contributed by atoms with E-state index in [1.807, 2.05) is 6.92 Å². The summed E-state index contributed by atoms with van der Waals surface area (Å²) in [7, 11) is 0. The van der Waals surface area contributed by atoms with Crippen LogP contribution in [0, 0.1) is 5.92 Å². The predicted octanol–water partition coefficient (Wildman–Crippen LogP) is 1.70. The number of amides is 1. The molecule has 15 heavy (non-hydrogen) atoms. The maximum atomic E-state index is 11.2. The lowest BCUT2D eigenvalue weighted by Crippen LogP contribution is -2.26. The highest BCUT2D eigenvalue weighted by atomic mass is 16.1. The van der Waals surface area contributed by atoms with Gasteiger partial charge in [0.1, 0.15) is 0 Å². The zero-order valence-corrected chi connectivity index (χ0v) is 9.80. The minimum atomic E-state index is 0.205. The molecule has 1 rings (SSSR count). The summed E-state index contributed by atoms with van der Waals surface area (Å²) in [5.74, 6) is 1.06. The Bertz CT molecular complexity index is 176. The van der Waals surface area contributed by atoms with Crippen LogP contribution in [0.1, 0.15) is 45.4 Å². The van der Waals surface area contributed by atoms with Crippen LogP contribution in [0.3, 0.4) is 0 Å². The van der Waals surface area contributed by atoms with Gasteiger partial charge in [0.25, 0.3) is 0 Å². The summed E-state index contributed by atoms with van der Waals surface area (Å²) < 4.78 is 0. The SMILES string of the molecule is CCCC(=O)NCCCC1CC[N]CC1. The molecule has 3 nitrogen and oxygen atoms in total. The Hall–Kier alpha value is -0.570. The van der Waals surface area contributed by atoms with Crippen molar-refractivity contribution in [2.45, 2.75) is 45.4 Å². The summed E-state index contributed by atoms with van der Waals surface area (Å²) in [6, 6.07) is 0. The first-order valence-corrected chi connectivity index (χ1v) is 6.23. The highest BCUT2D eigenvalue weighted by molar-refractivity contribution is 5.75. The molecular weight excluding hydrogens is 188 g/mol. The van der Waals surface area contributed by atoms with E-state index in [1.54, 1.807) is 0 Å². The average molecular weight is 211 g/mol. The molecule has 1 N–H and O–H groups in total. The molecule has 0 aromatic carbocycles. The minimum Gasteiger partial charge on any atom is -0.356 e. The van der Waals surface area contributed by atoms with Gasteiger partial charge in [0.2, 0.25) is 5.91 Å². The third kappa shape index (κ3) is 5.78. The number of nitrogens with zero attached hydrogens (tertiary/aromatic N) is 1. The third-order valence-electron chi connectivity index (χ3n) is 2.98. The maximum absolute atomic E-state index is 11.2. The number of hydrogen-bond acceptors (Lipinski definition) is 1. The maximum Gasteiger partial charge on any atom is 0.219 e. The summed E-state index contributed by atoms with van der Waals surface area (Å²) in [5.41, 5.74) is 0. The molecule has 0 saturated carbocycles. The van der Waals surface area contributed by atoms with Gasteiger partial charge in [0.15, 0.2) is 0 Å². The number of nitrogens with one attached hydrogen (secondary N) is 1. The van der Waals surface area contributed by atoms with Crippen LogP contribution in [0.4, 0.5) is 0 Å². The van der Waals surface area contributed by atoms with E-state index in [-0.39, 0.29) is 5.91 Å². The monoisotopic (exact) mass is 211 g/mol. The quantitative estimate of drug-likeness (QED) is 0.668. The number of rotatable bonds is 6. The Morgan fingerprint density at radius 1 is 1.40 bits per heavy atom. The summed E-state index contributed by atoms with van der Waals surface area (Å²) in [4.78, 5) is 11.2. The number of carbonyl (C=O) groups is 1. The number of hydrogen-bond donors (Lipinski definition) is 1. The Balaban J connectivity index is 1.93. The third-order valence-corrected chi connectivity index (χ3v) is 2.98. The van der Waals surface area contributed by atoms with Crippen molar-refractivity contribution in [1.82, 2.24) is 10.6 Å².